The Morgan fingerprint density at radius 2 is 2.00 bits per heavy atom. The lowest BCUT2D eigenvalue weighted by Crippen LogP contribution is -2.50. The fourth-order valence-electron chi connectivity index (χ4n) is 4.14. The minimum Gasteiger partial charge on any atom is -0.343 e. The van der Waals surface area contributed by atoms with Gasteiger partial charge in [-0.25, -0.2) is 14.8 Å². The normalized spacial score (nSPS) is 21.1. The van der Waals surface area contributed by atoms with Crippen LogP contribution in [0.25, 0.3) is 5.69 Å². The number of carbonyl (C=O) groups is 1. The molecular formula is C21H24B2ClN7O. The summed E-state index contributed by atoms with van der Waals surface area (Å²) in [6.45, 7) is 2.04. The molecule has 11 heteroatoms. The number of rotatable bonds is 5. The Balaban J connectivity index is 1.39. The second-order valence-electron chi connectivity index (χ2n) is 9.13. The van der Waals surface area contributed by atoms with E-state index in [9.17, 15) is 4.79 Å². The maximum Gasteiger partial charge on any atom is 0.324 e. The van der Waals surface area contributed by atoms with Crippen LogP contribution in [-0.4, -0.2) is 64.6 Å². The van der Waals surface area contributed by atoms with Gasteiger partial charge in [0.2, 0.25) is 5.95 Å². The minimum absolute atomic E-state index is 0.0222. The van der Waals surface area contributed by atoms with E-state index in [1.807, 2.05) is 49.0 Å². The predicted octanol–water partition coefficient (Wildman–Crippen LogP) is 1.60. The van der Waals surface area contributed by atoms with E-state index in [1.54, 1.807) is 28.4 Å². The molecule has 3 aromatic rings. The van der Waals surface area contributed by atoms with Crippen molar-refractivity contribution in [1.29, 1.82) is 0 Å². The van der Waals surface area contributed by atoms with Crippen LogP contribution in [0, 0.1) is 0 Å². The summed E-state index contributed by atoms with van der Waals surface area (Å²) in [7, 11) is 5.95. The average molecular weight is 448 g/mol. The van der Waals surface area contributed by atoms with Gasteiger partial charge >= 0.3 is 6.03 Å². The zero-order chi connectivity index (χ0) is 22.7. The number of halogens is 1. The third-order valence-electron chi connectivity index (χ3n) is 6.94. The first-order chi connectivity index (χ1) is 15.2. The lowest BCUT2D eigenvalue weighted by atomic mass is 9.58. The molecule has 1 aliphatic carbocycles. The molecular weight excluding hydrogens is 423 g/mol. The molecule has 1 aromatic carbocycles. The summed E-state index contributed by atoms with van der Waals surface area (Å²) in [5.41, 5.74) is 1.58. The van der Waals surface area contributed by atoms with Gasteiger partial charge < -0.3 is 14.8 Å². The molecule has 1 atom stereocenters. The Bertz CT molecular complexity index is 1200. The summed E-state index contributed by atoms with van der Waals surface area (Å²) in [5, 5.41) is 3.86. The van der Waals surface area contributed by atoms with E-state index in [2.05, 4.69) is 36.0 Å². The molecule has 0 radical (unpaired) electrons. The van der Waals surface area contributed by atoms with Crippen LogP contribution in [0.2, 0.25) is 5.02 Å². The Kier molecular flexibility index (Phi) is 4.74. The molecule has 3 heterocycles. The van der Waals surface area contributed by atoms with E-state index in [4.69, 9.17) is 11.6 Å². The molecule has 0 spiro atoms. The van der Waals surface area contributed by atoms with Crippen LogP contribution in [0.1, 0.15) is 25.5 Å². The molecule has 1 saturated carbocycles. The fourth-order valence-corrected chi connectivity index (χ4v) is 4.33. The SMILES string of the molecule is BC1(B)[C@H](C)N(c2ccnc(NC3(c4cn(-c5cccc(Cl)c5)cn4)CC3)n2)C(=O)N1C. The van der Waals surface area contributed by atoms with Crippen molar-refractivity contribution in [3.8, 4) is 5.69 Å². The summed E-state index contributed by atoms with van der Waals surface area (Å²) in [6, 6.07) is 9.36. The highest BCUT2D eigenvalue weighted by Crippen LogP contribution is 2.47. The van der Waals surface area contributed by atoms with E-state index < -0.39 is 0 Å². The van der Waals surface area contributed by atoms with Crippen LogP contribution in [0.4, 0.5) is 16.6 Å². The van der Waals surface area contributed by atoms with Crippen molar-refractivity contribution in [1.82, 2.24) is 24.4 Å². The zero-order valence-corrected chi connectivity index (χ0v) is 19.3. The number of aromatic nitrogens is 4. The number of hydrogen-bond donors (Lipinski definition) is 1. The fraction of sp³-hybridized carbons (Fsp3) is 0.333. The second kappa shape index (κ2) is 7.27. The molecule has 1 N–H and O–H groups in total. The summed E-state index contributed by atoms with van der Waals surface area (Å²) in [6.07, 6.45) is 7.36. The van der Waals surface area contributed by atoms with Crippen LogP contribution < -0.4 is 10.2 Å². The molecule has 32 heavy (non-hydrogen) atoms. The second-order valence-corrected chi connectivity index (χ2v) is 9.57. The number of nitrogens with one attached hydrogen (secondary N) is 1. The summed E-state index contributed by atoms with van der Waals surface area (Å²) < 4.78 is 1.96. The van der Waals surface area contributed by atoms with Crippen molar-refractivity contribution in [2.24, 2.45) is 0 Å². The number of nitrogens with zero attached hydrogens (tertiary/aromatic N) is 6. The number of imidazole rings is 1. The van der Waals surface area contributed by atoms with Gasteiger partial charge in [-0.3, -0.25) is 4.90 Å². The Morgan fingerprint density at radius 3 is 2.66 bits per heavy atom. The monoisotopic (exact) mass is 447 g/mol. The van der Waals surface area contributed by atoms with Gasteiger partial charge in [-0.05, 0) is 44.0 Å². The van der Waals surface area contributed by atoms with Crippen LogP contribution in [0.15, 0.2) is 49.1 Å². The van der Waals surface area contributed by atoms with E-state index in [1.165, 1.54) is 0 Å². The van der Waals surface area contributed by atoms with Crippen LogP contribution >= 0.6 is 11.6 Å². The average Bonchev–Trinajstić information content (AvgIpc) is 3.32. The number of anilines is 2. The largest absolute Gasteiger partial charge is 0.343 e. The van der Waals surface area contributed by atoms with Crippen molar-refractivity contribution >= 4 is 45.1 Å². The van der Waals surface area contributed by atoms with Crippen molar-refractivity contribution < 1.29 is 4.79 Å². The highest BCUT2D eigenvalue weighted by atomic mass is 35.5. The molecule has 2 amide bonds. The van der Waals surface area contributed by atoms with Crippen LogP contribution in [-0.2, 0) is 5.54 Å². The Hall–Kier alpha value is -3.00. The lowest BCUT2D eigenvalue weighted by Gasteiger charge is -2.30. The van der Waals surface area contributed by atoms with Gasteiger partial charge in [-0.1, -0.05) is 17.7 Å². The van der Waals surface area contributed by atoms with Gasteiger partial charge in [-0.15, -0.1) is 0 Å². The summed E-state index contributed by atoms with van der Waals surface area (Å²) in [5.74, 6) is 1.09. The maximum absolute atomic E-state index is 12.9. The highest BCUT2D eigenvalue weighted by Gasteiger charge is 2.49. The molecule has 1 aliphatic heterocycles. The van der Waals surface area contributed by atoms with Gasteiger partial charge in [0.25, 0.3) is 0 Å². The van der Waals surface area contributed by atoms with E-state index >= 15 is 0 Å². The predicted molar refractivity (Wildman–Crippen MR) is 130 cm³/mol. The number of benzene rings is 1. The van der Waals surface area contributed by atoms with E-state index in [0.29, 0.717) is 16.8 Å². The van der Waals surface area contributed by atoms with E-state index in [0.717, 1.165) is 24.2 Å². The van der Waals surface area contributed by atoms with Crippen molar-refractivity contribution in [3.05, 3.63) is 59.8 Å². The lowest BCUT2D eigenvalue weighted by molar-refractivity contribution is 0.222. The highest BCUT2D eigenvalue weighted by molar-refractivity contribution is 6.43. The number of amides is 2. The molecule has 162 valence electrons. The van der Waals surface area contributed by atoms with Gasteiger partial charge in [0.05, 0.1) is 17.6 Å². The molecule has 1 saturated heterocycles. The topological polar surface area (TPSA) is 79.2 Å². The third-order valence-corrected chi connectivity index (χ3v) is 7.17. The summed E-state index contributed by atoms with van der Waals surface area (Å²) in [4.78, 5) is 30.1. The molecule has 2 aromatic heterocycles. The third kappa shape index (κ3) is 3.33. The van der Waals surface area contributed by atoms with Crippen molar-refractivity contribution in [2.45, 2.75) is 36.7 Å². The van der Waals surface area contributed by atoms with Gasteiger partial charge in [-0.2, -0.15) is 4.98 Å². The molecule has 2 fully saturated rings. The molecule has 0 bridgehead atoms. The summed E-state index contributed by atoms with van der Waals surface area (Å²) >= 11 is 6.13. The van der Waals surface area contributed by atoms with E-state index in [-0.39, 0.29) is 22.9 Å². The Morgan fingerprint density at radius 1 is 1.22 bits per heavy atom. The van der Waals surface area contributed by atoms with Crippen LogP contribution in [0.5, 0.6) is 0 Å². The first kappa shape index (κ1) is 20.9. The van der Waals surface area contributed by atoms with Crippen LogP contribution in [0.3, 0.4) is 0 Å². The quantitative estimate of drug-likeness (QED) is 0.601. The molecule has 0 unspecified atom stereocenters. The van der Waals surface area contributed by atoms with Crippen molar-refractivity contribution in [2.75, 3.05) is 17.3 Å². The number of likely N-dealkylation sites (N-methyl/N-ethyl adjacent to an activating group) is 1. The zero-order valence-electron chi connectivity index (χ0n) is 18.6. The minimum atomic E-state index is -0.306. The molecule has 8 nitrogen and oxygen atoms in total. The molecule has 5 rings (SSSR count). The molecule has 2 aliphatic rings. The first-order valence-corrected chi connectivity index (χ1v) is 11.1. The first-order valence-electron chi connectivity index (χ1n) is 10.7. The maximum atomic E-state index is 12.9. The van der Waals surface area contributed by atoms with Crippen molar-refractivity contribution in [3.63, 3.8) is 0 Å². The van der Waals surface area contributed by atoms with Gasteiger partial charge in [0.15, 0.2) is 0 Å². The van der Waals surface area contributed by atoms with Gasteiger partial charge in [0.1, 0.15) is 21.5 Å². The number of hydrogen-bond acceptors (Lipinski definition) is 5. The Labute approximate surface area is 193 Å². The number of carbonyl (C=O) groups excluding carboxylic acids is 1. The smallest absolute Gasteiger partial charge is 0.324 e. The van der Waals surface area contributed by atoms with Gasteiger partial charge in [0, 0.05) is 41.5 Å². The standard InChI is InChI=1S/C21H24B2ClN7O/c1-13-21(22,23)29(2)19(32)31(13)17-6-9-25-18(27-17)28-20(7-8-20)16-11-30(12-26-16)15-5-3-4-14(24)10-15/h3-6,9-13H,7-8,22-23H2,1-2H3,(H,25,27,28)/t13-/m0/s1. The number of urea groups is 1.